The largest absolute Gasteiger partial charge is 0.593 e. The zero-order valence-electron chi connectivity index (χ0n) is 12.2. The SMILES string of the molecule is CCCN(CCC)[S+]([O-])c1ccc(-n2nn[nH]c2=O)cc1. The summed E-state index contributed by atoms with van der Waals surface area (Å²) in [5.41, 5.74) is 0.189. The van der Waals surface area contributed by atoms with Crippen molar-refractivity contribution in [3.63, 3.8) is 0 Å². The smallest absolute Gasteiger partial charge is 0.365 e. The van der Waals surface area contributed by atoms with Gasteiger partial charge in [0, 0.05) is 13.1 Å². The van der Waals surface area contributed by atoms with Gasteiger partial charge in [0.25, 0.3) is 0 Å². The van der Waals surface area contributed by atoms with Crippen LogP contribution in [0.2, 0.25) is 0 Å². The van der Waals surface area contributed by atoms with Crippen LogP contribution in [0, 0.1) is 0 Å². The summed E-state index contributed by atoms with van der Waals surface area (Å²) in [5.74, 6) is 0. The summed E-state index contributed by atoms with van der Waals surface area (Å²) in [4.78, 5) is 12.2. The minimum absolute atomic E-state index is 0.400. The molecule has 1 atom stereocenters. The van der Waals surface area contributed by atoms with Gasteiger partial charge >= 0.3 is 5.69 Å². The lowest BCUT2D eigenvalue weighted by atomic mass is 10.3. The van der Waals surface area contributed by atoms with Gasteiger partial charge in [-0.3, -0.25) is 0 Å². The third kappa shape index (κ3) is 3.72. The van der Waals surface area contributed by atoms with Crippen molar-refractivity contribution >= 4 is 11.4 Å². The van der Waals surface area contributed by atoms with E-state index in [4.69, 9.17) is 0 Å². The van der Waals surface area contributed by atoms with E-state index in [2.05, 4.69) is 29.4 Å². The Kier molecular flexibility index (Phi) is 5.54. The Morgan fingerprint density at radius 3 is 2.33 bits per heavy atom. The lowest BCUT2D eigenvalue weighted by Crippen LogP contribution is -2.32. The van der Waals surface area contributed by atoms with Crippen LogP contribution < -0.4 is 5.69 Å². The molecule has 1 aromatic carbocycles. The molecule has 0 fully saturated rings. The quantitative estimate of drug-likeness (QED) is 0.774. The summed E-state index contributed by atoms with van der Waals surface area (Å²) in [6.45, 7) is 5.73. The molecule has 1 aromatic heterocycles. The first-order valence-electron chi connectivity index (χ1n) is 6.95. The van der Waals surface area contributed by atoms with E-state index >= 15 is 0 Å². The first-order chi connectivity index (χ1) is 10.2. The molecular weight excluding hydrogens is 290 g/mol. The second-order valence-corrected chi connectivity index (χ2v) is 6.08. The average Bonchev–Trinajstić information content (AvgIpc) is 2.93. The summed E-state index contributed by atoms with van der Waals surface area (Å²) in [6.07, 6.45) is 1.91. The summed E-state index contributed by atoms with van der Waals surface area (Å²) in [7, 11) is 0. The van der Waals surface area contributed by atoms with Crippen molar-refractivity contribution in [2.75, 3.05) is 13.1 Å². The summed E-state index contributed by atoms with van der Waals surface area (Å²) in [6, 6.07) is 6.94. The number of H-pyrrole nitrogens is 1. The summed E-state index contributed by atoms with van der Waals surface area (Å²) in [5, 5.41) is 9.34. The Balaban J connectivity index is 2.17. The molecule has 0 bridgehead atoms. The van der Waals surface area contributed by atoms with Gasteiger partial charge in [0.15, 0.2) is 4.90 Å². The maximum atomic E-state index is 12.5. The predicted molar refractivity (Wildman–Crippen MR) is 80.5 cm³/mol. The number of hydrogen-bond donors (Lipinski definition) is 1. The van der Waals surface area contributed by atoms with Gasteiger partial charge in [0.05, 0.1) is 17.0 Å². The van der Waals surface area contributed by atoms with Crippen molar-refractivity contribution in [3.8, 4) is 5.69 Å². The molecule has 1 heterocycles. The zero-order chi connectivity index (χ0) is 15.2. The molecule has 0 aliphatic rings. The van der Waals surface area contributed by atoms with Crippen molar-refractivity contribution in [2.45, 2.75) is 31.6 Å². The molecule has 21 heavy (non-hydrogen) atoms. The lowest BCUT2D eigenvalue weighted by Gasteiger charge is -2.23. The molecule has 0 saturated heterocycles. The first-order valence-corrected chi connectivity index (χ1v) is 8.05. The third-order valence-electron chi connectivity index (χ3n) is 2.94. The topological polar surface area (TPSA) is 89.9 Å². The number of tetrazole rings is 1. The average molecular weight is 309 g/mol. The maximum absolute atomic E-state index is 12.5. The fourth-order valence-corrected chi connectivity index (χ4v) is 3.36. The number of nitrogens with one attached hydrogen (secondary N) is 1. The van der Waals surface area contributed by atoms with Crippen molar-refractivity contribution < 1.29 is 4.55 Å². The van der Waals surface area contributed by atoms with Crippen molar-refractivity contribution in [2.24, 2.45) is 0 Å². The Morgan fingerprint density at radius 1 is 1.24 bits per heavy atom. The Labute approximate surface area is 126 Å². The highest BCUT2D eigenvalue weighted by molar-refractivity contribution is 7.89. The molecule has 0 spiro atoms. The molecule has 114 valence electrons. The van der Waals surface area contributed by atoms with E-state index in [1.807, 2.05) is 4.31 Å². The van der Waals surface area contributed by atoms with Crippen LogP contribution in [-0.4, -0.2) is 42.2 Å². The number of nitrogens with zero attached hydrogens (tertiary/aromatic N) is 4. The van der Waals surface area contributed by atoms with Crippen LogP contribution >= 0.6 is 0 Å². The Hall–Kier alpha value is -1.64. The van der Waals surface area contributed by atoms with Gasteiger partial charge in [0.2, 0.25) is 0 Å². The van der Waals surface area contributed by atoms with Gasteiger partial charge in [-0.05, 0) is 47.5 Å². The van der Waals surface area contributed by atoms with Crippen LogP contribution in [0.1, 0.15) is 26.7 Å². The number of aromatic amines is 1. The molecule has 1 N–H and O–H groups in total. The van der Waals surface area contributed by atoms with Crippen LogP contribution in [0.3, 0.4) is 0 Å². The van der Waals surface area contributed by atoms with Gasteiger partial charge in [0.1, 0.15) is 0 Å². The van der Waals surface area contributed by atoms with E-state index in [0.29, 0.717) is 5.69 Å². The molecule has 0 radical (unpaired) electrons. The maximum Gasteiger partial charge on any atom is 0.365 e. The molecule has 0 aliphatic heterocycles. The predicted octanol–water partition coefficient (Wildman–Crippen LogP) is 1.10. The van der Waals surface area contributed by atoms with Crippen LogP contribution in [-0.2, 0) is 11.4 Å². The molecule has 2 rings (SSSR count). The molecule has 0 aliphatic carbocycles. The van der Waals surface area contributed by atoms with Crippen molar-refractivity contribution in [3.05, 3.63) is 34.7 Å². The van der Waals surface area contributed by atoms with Crippen LogP contribution in [0.5, 0.6) is 0 Å². The molecular formula is C13H19N5O2S. The van der Waals surface area contributed by atoms with E-state index in [1.165, 1.54) is 0 Å². The van der Waals surface area contributed by atoms with Gasteiger partial charge in [-0.25, -0.2) is 9.89 Å². The summed E-state index contributed by atoms with van der Waals surface area (Å²) >= 11 is -1.18. The van der Waals surface area contributed by atoms with Crippen LogP contribution in [0.25, 0.3) is 5.69 Å². The Bertz CT molecular complexity index is 604. The van der Waals surface area contributed by atoms with E-state index < -0.39 is 17.1 Å². The highest BCUT2D eigenvalue weighted by atomic mass is 32.2. The Morgan fingerprint density at radius 2 is 1.86 bits per heavy atom. The minimum atomic E-state index is -1.18. The van der Waals surface area contributed by atoms with Gasteiger partial charge in [-0.15, -0.1) is 4.31 Å². The summed E-state index contributed by atoms with van der Waals surface area (Å²) < 4.78 is 15.6. The minimum Gasteiger partial charge on any atom is -0.593 e. The van der Waals surface area contributed by atoms with Gasteiger partial charge in [-0.2, -0.15) is 4.68 Å². The highest BCUT2D eigenvalue weighted by Crippen LogP contribution is 2.18. The number of hydrogen-bond acceptors (Lipinski definition) is 5. The van der Waals surface area contributed by atoms with Gasteiger partial charge < -0.3 is 4.55 Å². The monoisotopic (exact) mass is 309 g/mol. The standard InChI is InChI=1S/C13H19N5O2S/c1-3-9-17(10-4-2)21(20)12-7-5-11(6-8-12)18-13(19)14-15-16-18/h5-8H,3-4,9-10H2,1-2H3,(H,14,16,19). The molecule has 0 saturated carbocycles. The van der Waals surface area contributed by atoms with E-state index in [-0.39, 0.29) is 0 Å². The zero-order valence-corrected chi connectivity index (χ0v) is 13.0. The molecule has 1 unspecified atom stereocenters. The normalized spacial score (nSPS) is 12.8. The molecule has 8 heteroatoms. The van der Waals surface area contributed by atoms with Crippen LogP contribution in [0.15, 0.2) is 34.0 Å². The van der Waals surface area contributed by atoms with E-state index in [0.717, 1.165) is 35.5 Å². The highest BCUT2D eigenvalue weighted by Gasteiger charge is 2.21. The third-order valence-corrected chi connectivity index (χ3v) is 4.45. The number of rotatable bonds is 7. The van der Waals surface area contributed by atoms with E-state index in [1.54, 1.807) is 24.3 Å². The number of aromatic nitrogens is 4. The van der Waals surface area contributed by atoms with Crippen molar-refractivity contribution in [1.82, 2.24) is 24.5 Å². The second kappa shape index (κ2) is 7.39. The van der Waals surface area contributed by atoms with Crippen molar-refractivity contribution in [1.29, 1.82) is 0 Å². The van der Waals surface area contributed by atoms with E-state index in [9.17, 15) is 9.35 Å². The molecule has 2 aromatic rings. The lowest BCUT2D eigenvalue weighted by molar-refractivity contribution is 0.409. The fourth-order valence-electron chi connectivity index (χ4n) is 2.00. The second-order valence-electron chi connectivity index (χ2n) is 4.59. The molecule has 0 amide bonds. The number of benzene rings is 1. The first kappa shape index (κ1) is 15.7. The van der Waals surface area contributed by atoms with Gasteiger partial charge in [-0.1, -0.05) is 13.8 Å². The fraction of sp³-hybridized carbons (Fsp3) is 0.462. The van der Waals surface area contributed by atoms with Crippen LogP contribution in [0.4, 0.5) is 0 Å². The molecule has 7 nitrogen and oxygen atoms in total.